The third-order valence-electron chi connectivity index (χ3n) is 4.32. The summed E-state index contributed by atoms with van der Waals surface area (Å²) in [6.07, 6.45) is 1.81. The zero-order valence-electron chi connectivity index (χ0n) is 15.1. The van der Waals surface area contributed by atoms with Gasteiger partial charge >= 0.3 is 11.9 Å². The number of nitrogens with one attached hydrogen (secondary N) is 1. The van der Waals surface area contributed by atoms with Gasteiger partial charge in [0.05, 0.1) is 18.1 Å². The van der Waals surface area contributed by atoms with Crippen LogP contribution in [0.25, 0.3) is 0 Å². The van der Waals surface area contributed by atoms with Gasteiger partial charge in [0, 0.05) is 12.1 Å². The van der Waals surface area contributed by atoms with E-state index in [1.807, 2.05) is 13.0 Å². The van der Waals surface area contributed by atoms with Crippen LogP contribution in [0.15, 0.2) is 48.5 Å². The minimum absolute atomic E-state index is 0.0394. The summed E-state index contributed by atoms with van der Waals surface area (Å²) in [5.41, 5.74) is 1.76. The first-order valence-corrected chi connectivity index (χ1v) is 8.96. The lowest BCUT2D eigenvalue weighted by Gasteiger charge is -2.24. The van der Waals surface area contributed by atoms with Crippen LogP contribution in [0.5, 0.6) is 5.75 Å². The Morgan fingerprint density at radius 3 is 2.59 bits per heavy atom. The highest BCUT2D eigenvalue weighted by Crippen LogP contribution is 2.33. The lowest BCUT2D eigenvalue weighted by atomic mass is 9.91. The van der Waals surface area contributed by atoms with Crippen LogP contribution < -0.4 is 10.1 Å². The van der Waals surface area contributed by atoms with Crippen molar-refractivity contribution >= 4 is 23.5 Å². The number of carbonyl (C=O) groups excluding carboxylic acids is 3. The average Bonchev–Trinajstić information content (AvgIpc) is 2.68. The zero-order chi connectivity index (χ0) is 19.2. The van der Waals surface area contributed by atoms with Gasteiger partial charge in [-0.3, -0.25) is 9.59 Å². The SMILES string of the molecule is CCCCOC(=O)c1ccc(OC(=O)C2CC(=O)Nc3ccccc32)cc1. The van der Waals surface area contributed by atoms with Crippen molar-refractivity contribution in [3.8, 4) is 5.75 Å². The number of benzene rings is 2. The summed E-state index contributed by atoms with van der Waals surface area (Å²) >= 11 is 0. The summed E-state index contributed by atoms with van der Waals surface area (Å²) in [6.45, 7) is 2.40. The Bertz CT molecular complexity index is 844. The maximum absolute atomic E-state index is 12.6. The Kier molecular flexibility index (Phi) is 5.86. The van der Waals surface area contributed by atoms with Gasteiger partial charge in [-0.2, -0.15) is 0 Å². The van der Waals surface area contributed by atoms with Gasteiger partial charge in [0.1, 0.15) is 5.75 Å². The summed E-state index contributed by atoms with van der Waals surface area (Å²) in [5, 5.41) is 2.75. The van der Waals surface area contributed by atoms with Gasteiger partial charge in [-0.05, 0) is 42.3 Å². The molecule has 1 heterocycles. The number of rotatable bonds is 6. The van der Waals surface area contributed by atoms with E-state index in [1.54, 1.807) is 42.5 Å². The standard InChI is InChI=1S/C21H21NO5/c1-2-3-12-26-20(24)14-8-10-15(11-9-14)27-21(25)17-13-19(23)22-18-7-5-4-6-16(17)18/h4-11,17H,2-3,12-13H2,1H3,(H,22,23). The predicted octanol–water partition coefficient (Wildman–Crippen LogP) is 3.67. The molecule has 2 aromatic rings. The summed E-state index contributed by atoms with van der Waals surface area (Å²) in [7, 11) is 0. The Hall–Kier alpha value is -3.15. The lowest BCUT2D eigenvalue weighted by Crippen LogP contribution is -2.29. The Labute approximate surface area is 157 Å². The van der Waals surface area contributed by atoms with Gasteiger partial charge in [-0.25, -0.2) is 4.79 Å². The normalized spacial score (nSPS) is 15.4. The molecule has 1 aliphatic rings. The van der Waals surface area contributed by atoms with Crippen molar-refractivity contribution in [1.29, 1.82) is 0 Å². The monoisotopic (exact) mass is 367 g/mol. The largest absolute Gasteiger partial charge is 0.462 e. The van der Waals surface area contributed by atoms with Crippen LogP contribution in [-0.2, 0) is 14.3 Å². The van der Waals surface area contributed by atoms with Crippen LogP contribution in [0.3, 0.4) is 0 Å². The Morgan fingerprint density at radius 1 is 1.11 bits per heavy atom. The average molecular weight is 367 g/mol. The molecule has 1 N–H and O–H groups in total. The van der Waals surface area contributed by atoms with Crippen molar-refractivity contribution in [2.75, 3.05) is 11.9 Å². The fourth-order valence-corrected chi connectivity index (χ4v) is 2.86. The first-order chi connectivity index (χ1) is 13.1. The van der Waals surface area contributed by atoms with Gasteiger partial charge in [0.2, 0.25) is 5.91 Å². The number of amides is 1. The number of unbranched alkanes of at least 4 members (excludes halogenated alkanes) is 1. The van der Waals surface area contributed by atoms with E-state index >= 15 is 0 Å². The Morgan fingerprint density at radius 2 is 1.85 bits per heavy atom. The minimum Gasteiger partial charge on any atom is -0.462 e. The van der Waals surface area contributed by atoms with Crippen molar-refractivity contribution < 1.29 is 23.9 Å². The predicted molar refractivity (Wildman–Crippen MR) is 99.7 cm³/mol. The van der Waals surface area contributed by atoms with Gasteiger partial charge in [-0.15, -0.1) is 0 Å². The molecule has 6 heteroatoms. The van der Waals surface area contributed by atoms with E-state index in [2.05, 4.69) is 5.32 Å². The highest BCUT2D eigenvalue weighted by atomic mass is 16.5. The van der Waals surface area contributed by atoms with Gasteiger partial charge in [0.25, 0.3) is 0 Å². The molecule has 2 aromatic carbocycles. The van der Waals surface area contributed by atoms with Crippen LogP contribution in [-0.4, -0.2) is 24.5 Å². The number of para-hydroxylation sites is 1. The van der Waals surface area contributed by atoms with Crippen LogP contribution in [0, 0.1) is 0 Å². The Balaban J connectivity index is 1.66. The topological polar surface area (TPSA) is 81.7 Å². The highest BCUT2D eigenvalue weighted by Gasteiger charge is 2.31. The summed E-state index contributed by atoms with van der Waals surface area (Å²) in [5.74, 6) is -1.47. The molecule has 6 nitrogen and oxygen atoms in total. The van der Waals surface area contributed by atoms with E-state index in [4.69, 9.17) is 9.47 Å². The summed E-state index contributed by atoms with van der Waals surface area (Å²) < 4.78 is 10.6. The number of fused-ring (bicyclic) bond motifs is 1. The number of hydrogen-bond donors (Lipinski definition) is 1. The van der Waals surface area contributed by atoms with Crippen molar-refractivity contribution in [2.45, 2.75) is 32.1 Å². The third kappa shape index (κ3) is 4.53. The molecule has 0 saturated heterocycles. The van der Waals surface area contributed by atoms with E-state index in [-0.39, 0.29) is 12.3 Å². The zero-order valence-corrected chi connectivity index (χ0v) is 15.1. The molecule has 0 saturated carbocycles. The lowest BCUT2D eigenvalue weighted by molar-refractivity contribution is -0.138. The highest BCUT2D eigenvalue weighted by molar-refractivity contribution is 6.00. The van der Waals surface area contributed by atoms with Crippen LogP contribution in [0.2, 0.25) is 0 Å². The van der Waals surface area contributed by atoms with Gasteiger partial charge < -0.3 is 14.8 Å². The molecule has 140 valence electrons. The van der Waals surface area contributed by atoms with Gasteiger partial charge in [0.15, 0.2) is 0 Å². The van der Waals surface area contributed by atoms with Crippen LogP contribution in [0.4, 0.5) is 5.69 Å². The number of hydrogen-bond acceptors (Lipinski definition) is 5. The second-order valence-electron chi connectivity index (χ2n) is 6.33. The maximum Gasteiger partial charge on any atom is 0.338 e. The van der Waals surface area contributed by atoms with E-state index < -0.39 is 17.9 Å². The molecule has 1 atom stereocenters. The van der Waals surface area contributed by atoms with E-state index in [0.717, 1.165) is 18.4 Å². The van der Waals surface area contributed by atoms with Crippen LogP contribution in [0.1, 0.15) is 48.0 Å². The van der Waals surface area contributed by atoms with E-state index in [9.17, 15) is 14.4 Å². The second-order valence-corrected chi connectivity index (χ2v) is 6.33. The summed E-state index contributed by atoms with van der Waals surface area (Å²) in [6, 6.07) is 13.4. The first-order valence-electron chi connectivity index (χ1n) is 8.96. The quantitative estimate of drug-likeness (QED) is 0.478. The molecule has 1 amide bonds. The molecule has 0 fully saturated rings. The molecule has 0 aliphatic carbocycles. The minimum atomic E-state index is -0.659. The molecular weight excluding hydrogens is 346 g/mol. The second kappa shape index (κ2) is 8.49. The smallest absolute Gasteiger partial charge is 0.338 e. The van der Waals surface area contributed by atoms with Crippen molar-refractivity contribution in [3.05, 3.63) is 59.7 Å². The molecular formula is C21H21NO5. The molecule has 27 heavy (non-hydrogen) atoms. The number of esters is 2. The van der Waals surface area contributed by atoms with Crippen LogP contribution >= 0.6 is 0 Å². The third-order valence-corrected chi connectivity index (χ3v) is 4.32. The van der Waals surface area contributed by atoms with Crippen molar-refractivity contribution in [2.24, 2.45) is 0 Å². The molecule has 0 radical (unpaired) electrons. The number of ether oxygens (including phenoxy) is 2. The fraction of sp³-hybridized carbons (Fsp3) is 0.286. The maximum atomic E-state index is 12.6. The molecule has 0 spiro atoms. The molecule has 0 bridgehead atoms. The van der Waals surface area contributed by atoms with Gasteiger partial charge in [-0.1, -0.05) is 31.5 Å². The molecule has 0 aromatic heterocycles. The number of anilines is 1. The van der Waals surface area contributed by atoms with Crippen molar-refractivity contribution in [3.63, 3.8) is 0 Å². The fourth-order valence-electron chi connectivity index (χ4n) is 2.86. The molecule has 1 unspecified atom stereocenters. The van der Waals surface area contributed by atoms with E-state index in [1.165, 1.54) is 0 Å². The van der Waals surface area contributed by atoms with E-state index in [0.29, 0.717) is 23.6 Å². The molecule has 3 rings (SSSR count). The number of carbonyl (C=O) groups is 3. The summed E-state index contributed by atoms with van der Waals surface area (Å²) in [4.78, 5) is 36.3. The van der Waals surface area contributed by atoms with Crippen molar-refractivity contribution in [1.82, 2.24) is 0 Å². The first kappa shape index (κ1) is 18.6. The molecule has 1 aliphatic heterocycles.